The molecule has 0 aromatic heterocycles. The molecule has 0 atom stereocenters. The van der Waals surface area contributed by atoms with Crippen LogP contribution in [0.25, 0.3) is 44.5 Å². The van der Waals surface area contributed by atoms with Crippen LogP contribution in [0.15, 0.2) is 174 Å². The van der Waals surface area contributed by atoms with E-state index in [0.717, 1.165) is 21.5 Å². The van der Waals surface area contributed by atoms with E-state index in [1.165, 1.54) is 55.6 Å². The summed E-state index contributed by atoms with van der Waals surface area (Å²) in [6.45, 7) is 4.41. The van der Waals surface area contributed by atoms with Gasteiger partial charge >= 0.3 is 0 Å². The summed E-state index contributed by atoms with van der Waals surface area (Å²) in [6, 6.07) is 61.0. The second kappa shape index (κ2) is 13.0. The number of benzene rings is 7. The highest BCUT2D eigenvalue weighted by molar-refractivity contribution is 9.10. The first kappa shape index (κ1) is 29.5. The van der Waals surface area contributed by atoms with E-state index in [1.807, 2.05) is 0 Å². The van der Waals surface area contributed by atoms with E-state index < -0.39 is 0 Å². The van der Waals surface area contributed by atoms with E-state index in [0.29, 0.717) is 0 Å². The Hall–Kier alpha value is -5.18. The summed E-state index contributed by atoms with van der Waals surface area (Å²) in [7, 11) is 0. The zero-order valence-electron chi connectivity index (χ0n) is 26.0. The lowest BCUT2D eigenvalue weighted by Gasteiger charge is -2.29. The Morgan fingerprint density at radius 2 is 0.848 bits per heavy atom. The Kier molecular flexibility index (Phi) is 8.37. The van der Waals surface area contributed by atoms with E-state index in [2.05, 4.69) is 205 Å². The van der Waals surface area contributed by atoms with Gasteiger partial charge in [0.25, 0.3) is 0 Å². The van der Waals surface area contributed by atoms with Gasteiger partial charge in [0, 0.05) is 21.4 Å². The quantitative estimate of drug-likeness (QED) is 0.165. The molecule has 0 aliphatic heterocycles. The monoisotopic (exact) mass is 655 g/mol. The van der Waals surface area contributed by atoms with Gasteiger partial charge in [0.2, 0.25) is 0 Å². The third-order valence-electron chi connectivity index (χ3n) is 8.64. The van der Waals surface area contributed by atoms with Gasteiger partial charge in [-0.25, -0.2) is 0 Å². The molecule has 0 saturated heterocycles. The lowest BCUT2D eigenvalue weighted by Crippen LogP contribution is -2.12. The van der Waals surface area contributed by atoms with Crippen molar-refractivity contribution in [3.8, 4) is 44.5 Å². The van der Waals surface area contributed by atoms with Gasteiger partial charge in [0.05, 0.1) is 5.69 Å². The zero-order chi connectivity index (χ0) is 31.5. The summed E-state index contributed by atoms with van der Waals surface area (Å²) in [4.78, 5) is 2.39. The highest BCUT2D eigenvalue weighted by atomic mass is 79.9. The predicted molar refractivity (Wildman–Crippen MR) is 200 cm³/mol. The van der Waals surface area contributed by atoms with E-state index in [9.17, 15) is 0 Å². The van der Waals surface area contributed by atoms with Gasteiger partial charge in [-0.05, 0) is 112 Å². The number of anilines is 3. The van der Waals surface area contributed by atoms with Crippen LogP contribution in [0, 0.1) is 13.8 Å². The SMILES string of the molecule is Cc1ccccc1-c1c(C)cccc1N(c1ccc(-c2ccccc2)cc1)c1ccc(-c2cccc(-c3ccc(Br)cc3)c2)cc1. The van der Waals surface area contributed by atoms with E-state index in [4.69, 9.17) is 0 Å². The maximum Gasteiger partial charge on any atom is 0.0542 e. The molecule has 0 radical (unpaired) electrons. The molecule has 0 aliphatic rings. The van der Waals surface area contributed by atoms with E-state index in [1.54, 1.807) is 0 Å². The van der Waals surface area contributed by atoms with Gasteiger partial charge in [0.15, 0.2) is 0 Å². The summed E-state index contributed by atoms with van der Waals surface area (Å²) < 4.78 is 1.08. The molecule has 0 aliphatic carbocycles. The third-order valence-corrected chi connectivity index (χ3v) is 9.17. The second-order valence-electron chi connectivity index (χ2n) is 11.7. The minimum atomic E-state index is 1.08. The number of nitrogens with zero attached hydrogens (tertiary/aromatic N) is 1. The molecule has 0 heterocycles. The van der Waals surface area contributed by atoms with Crippen molar-refractivity contribution in [2.45, 2.75) is 13.8 Å². The van der Waals surface area contributed by atoms with Crippen LogP contribution in [-0.4, -0.2) is 0 Å². The molecule has 7 aromatic carbocycles. The third kappa shape index (κ3) is 6.05. The van der Waals surface area contributed by atoms with Crippen molar-refractivity contribution in [1.82, 2.24) is 0 Å². The highest BCUT2D eigenvalue weighted by Crippen LogP contribution is 2.44. The van der Waals surface area contributed by atoms with Gasteiger partial charge in [-0.3, -0.25) is 0 Å². The van der Waals surface area contributed by atoms with Crippen molar-refractivity contribution in [3.05, 3.63) is 185 Å². The van der Waals surface area contributed by atoms with Crippen molar-refractivity contribution in [3.63, 3.8) is 0 Å². The number of aryl methyl sites for hydroxylation is 2. The van der Waals surface area contributed by atoms with Crippen LogP contribution in [0.3, 0.4) is 0 Å². The molecule has 222 valence electrons. The molecule has 0 amide bonds. The molecule has 0 bridgehead atoms. The maximum atomic E-state index is 3.56. The largest absolute Gasteiger partial charge is 0.310 e. The van der Waals surface area contributed by atoms with E-state index in [-0.39, 0.29) is 0 Å². The number of rotatable bonds is 7. The molecular formula is C44H34BrN. The zero-order valence-corrected chi connectivity index (χ0v) is 27.6. The molecule has 7 rings (SSSR count). The Labute approximate surface area is 280 Å². The van der Waals surface area contributed by atoms with Crippen molar-refractivity contribution in [2.24, 2.45) is 0 Å². The van der Waals surface area contributed by atoms with E-state index >= 15 is 0 Å². The number of hydrogen-bond acceptors (Lipinski definition) is 1. The van der Waals surface area contributed by atoms with Crippen LogP contribution >= 0.6 is 15.9 Å². The standard InChI is InChI=1S/C44H34BrN/c1-31-10-6-7-16-42(31)44-32(2)11-8-17-43(44)46(40-26-20-34(21-27-40)33-12-4-3-5-13-33)41-28-22-36(23-29-41)38-15-9-14-37(30-38)35-18-24-39(45)25-19-35/h3-30H,1-2H3. The Balaban J connectivity index is 1.33. The average molecular weight is 657 g/mol. The fourth-order valence-corrected chi connectivity index (χ4v) is 6.49. The van der Waals surface area contributed by atoms with Crippen molar-refractivity contribution < 1.29 is 0 Å². The fraction of sp³-hybridized carbons (Fsp3) is 0.0455. The Bertz CT molecular complexity index is 2090. The summed E-state index contributed by atoms with van der Waals surface area (Å²) in [5, 5.41) is 0. The summed E-state index contributed by atoms with van der Waals surface area (Å²) in [5.74, 6) is 0. The highest BCUT2D eigenvalue weighted by Gasteiger charge is 2.20. The van der Waals surface area contributed by atoms with Crippen molar-refractivity contribution >= 4 is 33.0 Å². The molecule has 46 heavy (non-hydrogen) atoms. The summed E-state index contributed by atoms with van der Waals surface area (Å²) >= 11 is 3.56. The van der Waals surface area contributed by atoms with Crippen LogP contribution in [-0.2, 0) is 0 Å². The Morgan fingerprint density at radius 1 is 0.391 bits per heavy atom. The number of halogens is 1. The smallest absolute Gasteiger partial charge is 0.0542 e. The summed E-state index contributed by atoms with van der Waals surface area (Å²) in [6.07, 6.45) is 0. The number of hydrogen-bond donors (Lipinski definition) is 0. The molecule has 0 spiro atoms. The topological polar surface area (TPSA) is 3.24 Å². The lowest BCUT2D eigenvalue weighted by molar-refractivity contribution is 1.27. The van der Waals surface area contributed by atoms with Crippen molar-refractivity contribution in [1.29, 1.82) is 0 Å². The first-order valence-electron chi connectivity index (χ1n) is 15.6. The average Bonchev–Trinajstić information content (AvgIpc) is 3.10. The fourth-order valence-electron chi connectivity index (χ4n) is 6.23. The van der Waals surface area contributed by atoms with Crippen molar-refractivity contribution in [2.75, 3.05) is 4.90 Å². The summed E-state index contributed by atoms with van der Waals surface area (Å²) in [5.41, 5.74) is 15.6. The van der Waals surface area contributed by atoms with Crippen LogP contribution in [0.4, 0.5) is 17.1 Å². The first-order chi connectivity index (χ1) is 22.5. The lowest BCUT2D eigenvalue weighted by atomic mass is 9.93. The minimum Gasteiger partial charge on any atom is -0.310 e. The van der Waals surface area contributed by atoms with Crippen LogP contribution in [0.1, 0.15) is 11.1 Å². The molecule has 0 N–H and O–H groups in total. The molecule has 2 heteroatoms. The van der Waals surface area contributed by atoms with Crippen LogP contribution in [0.2, 0.25) is 0 Å². The normalized spacial score (nSPS) is 10.9. The van der Waals surface area contributed by atoms with Gasteiger partial charge in [-0.1, -0.05) is 137 Å². The van der Waals surface area contributed by atoms with Crippen LogP contribution in [0.5, 0.6) is 0 Å². The Morgan fingerprint density at radius 3 is 1.46 bits per heavy atom. The first-order valence-corrected chi connectivity index (χ1v) is 16.4. The molecule has 0 unspecified atom stereocenters. The maximum absolute atomic E-state index is 3.56. The molecular weight excluding hydrogens is 622 g/mol. The minimum absolute atomic E-state index is 1.08. The van der Waals surface area contributed by atoms with Gasteiger partial charge < -0.3 is 4.90 Å². The molecule has 7 aromatic rings. The molecule has 0 fully saturated rings. The van der Waals surface area contributed by atoms with Crippen LogP contribution < -0.4 is 4.90 Å². The predicted octanol–water partition coefficient (Wildman–Crippen LogP) is 13.2. The van der Waals surface area contributed by atoms with Gasteiger partial charge in [-0.15, -0.1) is 0 Å². The van der Waals surface area contributed by atoms with Gasteiger partial charge in [-0.2, -0.15) is 0 Å². The van der Waals surface area contributed by atoms with Gasteiger partial charge in [0.1, 0.15) is 0 Å². The molecule has 1 nitrogen and oxygen atoms in total. The molecule has 0 saturated carbocycles. The second-order valence-corrected chi connectivity index (χ2v) is 12.6.